The van der Waals surface area contributed by atoms with E-state index >= 15 is 0 Å². The summed E-state index contributed by atoms with van der Waals surface area (Å²) in [5.41, 5.74) is 0.716. The van der Waals surface area contributed by atoms with E-state index < -0.39 is 28.5 Å². The molecule has 0 aliphatic heterocycles. The molecule has 3 aromatic carbocycles. The van der Waals surface area contributed by atoms with Gasteiger partial charge in [-0.3, -0.25) is 13.9 Å². The Bertz CT molecular complexity index is 1650. The molecule has 0 unspecified atom stereocenters. The van der Waals surface area contributed by atoms with Crippen LogP contribution in [0.2, 0.25) is 10.0 Å². The van der Waals surface area contributed by atoms with Crippen molar-refractivity contribution in [3.05, 3.63) is 76.3 Å². The summed E-state index contributed by atoms with van der Waals surface area (Å²) in [4.78, 5) is 29.1. The number of nitrogens with zero attached hydrogens (tertiary/aromatic N) is 2. The van der Waals surface area contributed by atoms with Gasteiger partial charge in [0.15, 0.2) is 11.5 Å². The fourth-order valence-corrected chi connectivity index (χ4v) is 7.27. The zero-order valence-electron chi connectivity index (χ0n) is 26.3. The number of methoxy groups -OCH3 is 3. The zero-order valence-corrected chi connectivity index (χ0v) is 28.6. The first-order valence-electron chi connectivity index (χ1n) is 14.9. The second-order valence-electron chi connectivity index (χ2n) is 11.0. The lowest BCUT2D eigenvalue weighted by molar-refractivity contribution is -0.139. The number of nitrogens with one attached hydrogen (secondary N) is 1. The predicted octanol–water partition coefficient (Wildman–Crippen LogP) is 6.08. The first-order valence-corrected chi connectivity index (χ1v) is 17.1. The van der Waals surface area contributed by atoms with Crippen LogP contribution in [-0.4, -0.2) is 65.1 Å². The van der Waals surface area contributed by atoms with E-state index in [2.05, 4.69) is 5.32 Å². The Kier molecular flexibility index (Phi) is 12.0. The smallest absolute Gasteiger partial charge is 0.265 e. The Labute approximate surface area is 280 Å². The van der Waals surface area contributed by atoms with Crippen LogP contribution in [0.4, 0.5) is 5.69 Å². The molecule has 0 radical (unpaired) electrons. The molecule has 13 heteroatoms. The van der Waals surface area contributed by atoms with Crippen LogP contribution in [0.5, 0.6) is 17.2 Å². The number of anilines is 1. The maximum absolute atomic E-state index is 14.4. The van der Waals surface area contributed by atoms with E-state index in [1.165, 1.54) is 56.6 Å². The minimum absolute atomic E-state index is 0.00950. The minimum Gasteiger partial charge on any atom is -0.495 e. The summed E-state index contributed by atoms with van der Waals surface area (Å²) < 4.78 is 45.8. The van der Waals surface area contributed by atoms with Gasteiger partial charge in [-0.1, -0.05) is 54.6 Å². The Morgan fingerprint density at radius 2 is 1.52 bits per heavy atom. The topological polar surface area (TPSA) is 114 Å². The molecule has 0 spiro atoms. The molecule has 1 aliphatic carbocycles. The SMILES string of the molecule is COc1ccc(S(=O)(=O)N(CC(=O)N(Cc2cccc(Cl)c2)[C@@H](C)C(=O)NC2CCCCC2)c2cc(Cl)ccc2OC)cc1OC. The number of carbonyl (C=O) groups is 2. The molecule has 1 atom stereocenters. The van der Waals surface area contributed by atoms with E-state index in [9.17, 15) is 18.0 Å². The fourth-order valence-electron chi connectivity index (χ4n) is 5.46. The third kappa shape index (κ3) is 8.37. The fraction of sp³-hybridized carbons (Fsp3) is 0.394. The van der Waals surface area contributed by atoms with Crippen molar-refractivity contribution in [2.45, 2.75) is 62.6 Å². The molecule has 3 aromatic rings. The third-order valence-electron chi connectivity index (χ3n) is 7.99. The van der Waals surface area contributed by atoms with Gasteiger partial charge in [-0.2, -0.15) is 0 Å². The summed E-state index contributed by atoms with van der Waals surface area (Å²) in [6, 6.07) is 14.6. The van der Waals surface area contributed by atoms with Gasteiger partial charge in [0.1, 0.15) is 18.3 Å². The van der Waals surface area contributed by atoms with Crippen molar-refractivity contribution in [1.82, 2.24) is 10.2 Å². The van der Waals surface area contributed by atoms with Gasteiger partial charge in [0.25, 0.3) is 10.0 Å². The summed E-state index contributed by atoms with van der Waals surface area (Å²) in [5.74, 6) is -0.265. The third-order valence-corrected chi connectivity index (χ3v) is 10.2. The Morgan fingerprint density at radius 3 is 2.17 bits per heavy atom. The molecular weight excluding hydrogens is 653 g/mol. The van der Waals surface area contributed by atoms with Gasteiger partial charge in [-0.25, -0.2) is 8.42 Å². The van der Waals surface area contributed by atoms with Gasteiger partial charge in [0, 0.05) is 28.7 Å². The summed E-state index contributed by atoms with van der Waals surface area (Å²) in [6.07, 6.45) is 4.90. The van der Waals surface area contributed by atoms with Gasteiger partial charge >= 0.3 is 0 Å². The molecule has 2 amide bonds. The molecule has 1 saturated carbocycles. The first kappa shape index (κ1) is 35.2. The highest BCUT2D eigenvalue weighted by Crippen LogP contribution is 2.37. The molecule has 1 fully saturated rings. The number of carbonyl (C=O) groups excluding carboxylic acids is 2. The van der Waals surface area contributed by atoms with E-state index in [4.69, 9.17) is 37.4 Å². The highest BCUT2D eigenvalue weighted by molar-refractivity contribution is 7.92. The lowest BCUT2D eigenvalue weighted by Gasteiger charge is -2.33. The number of rotatable bonds is 13. The first-order chi connectivity index (χ1) is 22.0. The van der Waals surface area contributed by atoms with E-state index in [1.54, 1.807) is 37.3 Å². The molecule has 0 saturated heterocycles. The van der Waals surface area contributed by atoms with E-state index in [1.807, 2.05) is 0 Å². The van der Waals surface area contributed by atoms with Crippen LogP contribution in [0.3, 0.4) is 0 Å². The van der Waals surface area contributed by atoms with Gasteiger partial charge in [-0.15, -0.1) is 0 Å². The molecule has 4 rings (SSSR count). The maximum atomic E-state index is 14.4. The average Bonchev–Trinajstić information content (AvgIpc) is 3.05. The molecular formula is C33H39Cl2N3O7S. The summed E-state index contributed by atoms with van der Waals surface area (Å²) in [7, 11) is -0.230. The Balaban J connectivity index is 1.77. The van der Waals surface area contributed by atoms with Crippen LogP contribution in [0.25, 0.3) is 0 Å². The van der Waals surface area contributed by atoms with E-state index in [0.717, 1.165) is 36.4 Å². The number of benzene rings is 3. The van der Waals surface area contributed by atoms with Gasteiger partial charge in [0.2, 0.25) is 11.8 Å². The molecule has 10 nitrogen and oxygen atoms in total. The second-order valence-corrected chi connectivity index (χ2v) is 13.8. The summed E-state index contributed by atoms with van der Waals surface area (Å²) >= 11 is 12.6. The molecule has 248 valence electrons. The predicted molar refractivity (Wildman–Crippen MR) is 179 cm³/mol. The standard InChI is InChI=1S/C33H39Cl2N3O7S/c1-22(33(40)36-26-11-6-5-7-12-26)37(20-23-9-8-10-24(34)17-23)32(39)21-38(28-18-25(35)13-15-29(28)43-2)46(41,42)27-14-16-30(44-3)31(19-27)45-4/h8-10,13-19,22,26H,5-7,11-12,20-21H2,1-4H3,(H,36,40)/t22-/m0/s1. The summed E-state index contributed by atoms with van der Waals surface area (Å²) in [5, 5.41) is 3.78. The number of ether oxygens (including phenoxy) is 3. The number of hydrogen-bond donors (Lipinski definition) is 1. The lowest BCUT2D eigenvalue weighted by Crippen LogP contribution is -2.53. The zero-order chi connectivity index (χ0) is 33.4. The van der Waals surface area contributed by atoms with Gasteiger partial charge in [-0.05, 0) is 67.8 Å². The largest absolute Gasteiger partial charge is 0.495 e. The van der Waals surface area contributed by atoms with Crippen molar-refractivity contribution in [3.8, 4) is 17.2 Å². The molecule has 0 bridgehead atoms. The normalized spacial score (nSPS) is 14.2. The molecule has 0 aromatic heterocycles. The monoisotopic (exact) mass is 691 g/mol. The molecule has 46 heavy (non-hydrogen) atoms. The number of halogens is 2. The van der Waals surface area contributed by atoms with Crippen LogP contribution in [0.15, 0.2) is 65.6 Å². The van der Waals surface area contributed by atoms with Crippen LogP contribution in [0, 0.1) is 0 Å². The highest BCUT2D eigenvalue weighted by Gasteiger charge is 2.35. The van der Waals surface area contributed by atoms with Crippen molar-refractivity contribution >= 4 is 50.7 Å². The number of amides is 2. The maximum Gasteiger partial charge on any atom is 0.265 e. The van der Waals surface area contributed by atoms with E-state index in [-0.39, 0.29) is 45.6 Å². The molecule has 0 heterocycles. The van der Waals surface area contributed by atoms with Crippen molar-refractivity contribution < 1.29 is 32.2 Å². The Morgan fingerprint density at radius 1 is 0.870 bits per heavy atom. The number of hydrogen-bond acceptors (Lipinski definition) is 7. The van der Waals surface area contributed by atoms with Crippen molar-refractivity contribution in [2.24, 2.45) is 0 Å². The number of sulfonamides is 1. The lowest BCUT2D eigenvalue weighted by atomic mass is 9.95. The molecule has 1 aliphatic rings. The summed E-state index contributed by atoms with van der Waals surface area (Å²) in [6.45, 7) is 0.971. The van der Waals surface area contributed by atoms with Crippen molar-refractivity contribution in [1.29, 1.82) is 0 Å². The minimum atomic E-state index is -4.45. The van der Waals surface area contributed by atoms with Gasteiger partial charge < -0.3 is 24.4 Å². The van der Waals surface area contributed by atoms with Crippen LogP contribution in [-0.2, 0) is 26.2 Å². The van der Waals surface area contributed by atoms with Crippen LogP contribution < -0.4 is 23.8 Å². The van der Waals surface area contributed by atoms with E-state index in [0.29, 0.717) is 16.3 Å². The second kappa shape index (κ2) is 15.8. The Hall–Kier alpha value is -3.67. The van der Waals surface area contributed by atoms with Crippen LogP contribution >= 0.6 is 23.2 Å². The van der Waals surface area contributed by atoms with Gasteiger partial charge in [0.05, 0.1) is 31.9 Å². The quantitative estimate of drug-likeness (QED) is 0.231. The highest BCUT2D eigenvalue weighted by atomic mass is 35.5. The van der Waals surface area contributed by atoms with Crippen molar-refractivity contribution in [2.75, 3.05) is 32.2 Å². The average molecular weight is 693 g/mol. The van der Waals surface area contributed by atoms with Crippen LogP contribution in [0.1, 0.15) is 44.6 Å². The molecule has 1 N–H and O–H groups in total. The van der Waals surface area contributed by atoms with Crippen molar-refractivity contribution in [3.63, 3.8) is 0 Å².